The van der Waals surface area contributed by atoms with Crippen LogP contribution in [0.1, 0.15) is 34.6 Å². The highest BCUT2D eigenvalue weighted by Crippen LogP contribution is 2.25. The fourth-order valence-electron chi connectivity index (χ4n) is 3.76. The Morgan fingerprint density at radius 2 is 0.917 bits per heavy atom. The van der Waals surface area contributed by atoms with Crippen LogP contribution in [0.5, 0.6) is 11.5 Å². The zero-order chi connectivity index (χ0) is 25.3. The summed E-state index contributed by atoms with van der Waals surface area (Å²) in [6.07, 6.45) is 0. The van der Waals surface area contributed by atoms with Gasteiger partial charge in [0.15, 0.2) is 0 Å². The third-order valence-electron chi connectivity index (χ3n) is 5.48. The van der Waals surface area contributed by atoms with Crippen molar-refractivity contribution in [1.82, 2.24) is 0 Å². The van der Waals surface area contributed by atoms with Crippen LogP contribution in [0.4, 0.5) is 11.4 Å². The van der Waals surface area contributed by atoms with Crippen molar-refractivity contribution in [1.29, 1.82) is 0 Å². The number of benzene rings is 4. The van der Waals surface area contributed by atoms with E-state index < -0.39 is 0 Å². The van der Waals surface area contributed by atoms with Gasteiger partial charge < -0.3 is 20.1 Å². The Morgan fingerprint density at radius 3 is 1.28 bits per heavy atom. The maximum absolute atomic E-state index is 12.7. The van der Waals surface area contributed by atoms with Gasteiger partial charge in [0.05, 0.1) is 24.3 Å². The molecule has 0 bridgehead atoms. The highest BCUT2D eigenvalue weighted by atomic mass is 16.5. The van der Waals surface area contributed by atoms with Crippen molar-refractivity contribution in [3.8, 4) is 22.6 Å². The molecule has 0 aliphatic carbocycles. The van der Waals surface area contributed by atoms with Crippen LogP contribution in [-0.2, 0) is 0 Å². The molecule has 0 saturated heterocycles. The third-order valence-corrected chi connectivity index (χ3v) is 5.48. The number of ether oxygens (including phenoxy) is 2. The molecule has 0 aliphatic heterocycles. The largest absolute Gasteiger partial charge is 0.493 e. The summed E-state index contributed by atoms with van der Waals surface area (Å²) in [6.45, 7) is 4.74. The summed E-state index contributed by atoms with van der Waals surface area (Å²) in [4.78, 5) is 25.4. The minimum Gasteiger partial charge on any atom is -0.493 e. The molecule has 0 atom stereocenters. The molecule has 0 saturated carbocycles. The predicted octanol–water partition coefficient (Wildman–Crippen LogP) is 6.66. The fourth-order valence-corrected chi connectivity index (χ4v) is 3.76. The average Bonchev–Trinajstić information content (AvgIpc) is 2.90. The zero-order valence-electron chi connectivity index (χ0n) is 20.3. The van der Waals surface area contributed by atoms with Gasteiger partial charge in [-0.1, -0.05) is 48.5 Å². The molecule has 0 aliphatic rings. The zero-order valence-corrected chi connectivity index (χ0v) is 20.3. The molecular formula is C30H28N2O4. The normalized spacial score (nSPS) is 10.4. The number of rotatable bonds is 9. The lowest BCUT2D eigenvalue weighted by molar-refractivity contribution is 0.101. The van der Waals surface area contributed by atoms with Crippen LogP contribution >= 0.6 is 0 Å². The molecule has 0 heterocycles. The monoisotopic (exact) mass is 480 g/mol. The molecule has 0 spiro atoms. The summed E-state index contributed by atoms with van der Waals surface area (Å²) in [7, 11) is 0. The molecular weight excluding hydrogens is 452 g/mol. The van der Waals surface area contributed by atoms with Gasteiger partial charge in [0.2, 0.25) is 0 Å². The summed E-state index contributed by atoms with van der Waals surface area (Å²) in [6, 6.07) is 29.5. The Morgan fingerprint density at radius 1 is 0.556 bits per heavy atom. The highest BCUT2D eigenvalue weighted by molar-refractivity contribution is 6.07. The fraction of sp³-hybridized carbons (Fsp3) is 0.133. The number of carbonyl (C=O) groups is 2. The van der Waals surface area contributed by atoms with E-state index in [2.05, 4.69) is 10.6 Å². The number of para-hydroxylation sites is 2. The first kappa shape index (κ1) is 24.5. The Kier molecular flexibility index (Phi) is 7.98. The Balaban J connectivity index is 1.41. The van der Waals surface area contributed by atoms with Crippen LogP contribution in [-0.4, -0.2) is 25.0 Å². The van der Waals surface area contributed by atoms with Crippen molar-refractivity contribution < 1.29 is 19.1 Å². The minimum atomic E-state index is -0.224. The van der Waals surface area contributed by atoms with E-state index in [9.17, 15) is 9.59 Å². The molecule has 4 aromatic carbocycles. The van der Waals surface area contributed by atoms with Gasteiger partial charge in [-0.05, 0) is 73.5 Å². The van der Waals surface area contributed by atoms with Gasteiger partial charge in [0.25, 0.3) is 11.8 Å². The Bertz CT molecular complexity index is 1230. The van der Waals surface area contributed by atoms with Gasteiger partial charge in [0.1, 0.15) is 11.5 Å². The van der Waals surface area contributed by atoms with E-state index in [0.29, 0.717) is 47.2 Å². The first-order valence-corrected chi connectivity index (χ1v) is 11.9. The van der Waals surface area contributed by atoms with Crippen LogP contribution in [0.25, 0.3) is 11.1 Å². The molecule has 0 unspecified atom stereocenters. The maximum atomic E-state index is 12.7. The smallest absolute Gasteiger partial charge is 0.259 e. The summed E-state index contributed by atoms with van der Waals surface area (Å²) in [5.41, 5.74) is 4.33. The van der Waals surface area contributed by atoms with Gasteiger partial charge in [-0.15, -0.1) is 0 Å². The van der Waals surface area contributed by atoms with Crippen LogP contribution in [0.2, 0.25) is 0 Å². The molecule has 6 heteroatoms. The van der Waals surface area contributed by atoms with E-state index in [4.69, 9.17) is 9.47 Å². The van der Waals surface area contributed by atoms with Crippen molar-refractivity contribution in [2.75, 3.05) is 23.8 Å². The lowest BCUT2D eigenvalue weighted by atomic mass is 10.0. The second-order valence-electron chi connectivity index (χ2n) is 7.92. The number of carbonyl (C=O) groups excluding carboxylic acids is 2. The van der Waals surface area contributed by atoms with E-state index in [1.165, 1.54) is 0 Å². The van der Waals surface area contributed by atoms with Gasteiger partial charge in [0, 0.05) is 11.4 Å². The lowest BCUT2D eigenvalue weighted by Crippen LogP contribution is -2.13. The third kappa shape index (κ3) is 5.91. The second kappa shape index (κ2) is 11.7. The van der Waals surface area contributed by atoms with Gasteiger partial charge in [-0.3, -0.25) is 9.59 Å². The molecule has 0 aromatic heterocycles. The molecule has 2 N–H and O–H groups in total. The number of hydrogen-bond donors (Lipinski definition) is 2. The van der Waals surface area contributed by atoms with E-state index in [1.54, 1.807) is 24.3 Å². The molecule has 36 heavy (non-hydrogen) atoms. The van der Waals surface area contributed by atoms with Crippen molar-refractivity contribution in [3.05, 3.63) is 108 Å². The van der Waals surface area contributed by atoms with Crippen LogP contribution in [0, 0.1) is 0 Å². The van der Waals surface area contributed by atoms with Crippen molar-refractivity contribution >= 4 is 23.2 Å². The number of amides is 2. The van der Waals surface area contributed by atoms with Gasteiger partial charge >= 0.3 is 0 Å². The van der Waals surface area contributed by atoms with Crippen molar-refractivity contribution in [2.45, 2.75) is 13.8 Å². The first-order valence-electron chi connectivity index (χ1n) is 11.9. The van der Waals surface area contributed by atoms with Gasteiger partial charge in [-0.2, -0.15) is 0 Å². The van der Waals surface area contributed by atoms with Crippen LogP contribution in [0.15, 0.2) is 97.1 Å². The molecule has 0 radical (unpaired) electrons. The van der Waals surface area contributed by atoms with E-state index >= 15 is 0 Å². The molecule has 6 nitrogen and oxygen atoms in total. The molecule has 182 valence electrons. The molecule has 4 aromatic rings. The lowest BCUT2D eigenvalue weighted by Gasteiger charge is -2.12. The number of hydrogen-bond acceptors (Lipinski definition) is 4. The highest BCUT2D eigenvalue weighted by Gasteiger charge is 2.13. The quantitative estimate of drug-likeness (QED) is 0.281. The minimum absolute atomic E-state index is 0.224. The van der Waals surface area contributed by atoms with E-state index in [0.717, 1.165) is 11.1 Å². The first-order chi connectivity index (χ1) is 17.6. The van der Waals surface area contributed by atoms with Crippen LogP contribution < -0.4 is 20.1 Å². The Labute approximate surface area is 210 Å². The summed E-state index contributed by atoms with van der Waals surface area (Å²) >= 11 is 0. The summed E-state index contributed by atoms with van der Waals surface area (Å²) < 4.78 is 11.1. The Hall–Kier alpha value is -4.58. The van der Waals surface area contributed by atoms with E-state index in [-0.39, 0.29) is 11.8 Å². The molecule has 0 fully saturated rings. The predicted molar refractivity (Wildman–Crippen MR) is 143 cm³/mol. The van der Waals surface area contributed by atoms with E-state index in [1.807, 2.05) is 86.6 Å². The summed E-state index contributed by atoms with van der Waals surface area (Å²) in [5, 5.41) is 5.84. The standard InChI is InChI=1S/C30H28N2O4/c1-3-35-27-11-7-5-9-25(27)29(33)31-23-17-13-21(14-18-23)22-15-19-24(20-16-22)32-30(34)26-10-6-8-12-28(26)36-4-2/h5-20H,3-4H2,1-2H3,(H,31,33)(H,32,34). The molecule has 4 rings (SSSR count). The average molecular weight is 481 g/mol. The number of anilines is 2. The molecule has 2 amide bonds. The van der Waals surface area contributed by atoms with Crippen molar-refractivity contribution in [2.24, 2.45) is 0 Å². The number of nitrogens with one attached hydrogen (secondary N) is 2. The van der Waals surface area contributed by atoms with Crippen molar-refractivity contribution in [3.63, 3.8) is 0 Å². The van der Waals surface area contributed by atoms with Gasteiger partial charge in [-0.25, -0.2) is 0 Å². The maximum Gasteiger partial charge on any atom is 0.259 e. The summed E-state index contributed by atoms with van der Waals surface area (Å²) in [5.74, 6) is 0.668. The van der Waals surface area contributed by atoms with Crippen LogP contribution in [0.3, 0.4) is 0 Å². The SMILES string of the molecule is CCOc1ccccc1C(=O)Nc1ccc(-c2ccc(NC(=O)c3ccccc3OCC)cc2)cc1. The second-order valence-corrected chi connectivity index (χ2v) is 7.92. The topological polar surface area (TPSA) is 76.7 Å².